The molecule has 1 fully saturated rings. The number of carbonyl (C=O) groups excluding carboxylic acids is 1. The van der Waals surface area contributed by atoms with Crippen LogP contribution in [-0.2, 0) is 11.2 Å². The second-order valence-corrected chi connectivity index (χ2v) is 10.6. The minimum Gasteiger partial charge on any atom is -0.394 e. The van der Waals surface area contributed by atoms with E-state index in [1.165, 1.54) is 0 Å². The fourth-order valence-corrected chi connectivity index (χ4v) is 5.77. The van der Waals surface area contributed by atoms with E-state index < -0.39 is 0 Å². The van der Waals surface area contributed by atoms with Gasteiger partial charge in [0.2, 0.25) is 5.91 Å². The zero-order valence-corrected chi connectivity index (χ0v) is 21.5. The molecule has 1 amide bonds. The Kier molecular flexibility index (Phi) is 7.86. The predicted octanol–water partition coefficient (Wildman–Crippen LogP) is 4.37. The van der Waals surface area contributed by atoms with E-state index >= 15 is 0 Å². The van der Waals surface area contributed by atoms with E-state index in [0.717, 1.165) is 64.2 Å². The maximum Gasteiger partial charge on any atom is 0.223 e. The molecule has 0 spiro atoms. The van der Waals surface area contributed by atoms with Crippen LogP contribution in [0, 0.1) is 12.8 Å². The molecule has 0 aliphatic heterocycles. The van der Waals surface area contributed by atoms with Gasteiger partial charge in [-0.2, -0.15) is 0 Å². The Morgan fingerprint density at radius 2 is 2.03 bits per heavy atom. The van der Waals surface area contributed by atoms with Crippen molar-refractivity contribution in [2.45, 2.75) is 51.0 Å². The molecule has 1 atom stereocenters. The largest absolute Gasteiger partial charge is 0.394 e. The van der Waals surface area contributed by atoms with Gasteiger partial charge in [0, 0.05) is 42.5 Å². The summed E-state index contributed by atoms with van der Waals surface area (Å²) in [6.45, 7) is 1.93. The van der Waals surface area contributed by atoms with Gasteiger partial charge < -0.3 is 20.7 Å². The van der Waals surface area contributed by atoms with Gasteiger partial charge in [0.25, 0.3) is 0 Å². The van der Waals surface area contributed by atoms with Crippen molar-refractivity contribution in [3.8, 4) is 10.6 Å². The van der Waals surface area contributed by atoms with Gasteiger partial charge in [-0.1, -0.05) is 6.07 Å². The number of hydrogen-bond acceptors (Lipinski definition) is 8. The molecule has 37 heavy (non-hydrogen) atoms. The van der Waals surface area contributed by atoms with Crippen molar-refractivity contribution in [3.63, 3.8) is 0 Å². The molecule has 1 saturated carbocycles. The molecule has 1 aliphatic rings. The topological polar surface area (TPSA) is 129 Å². The fourth-order valence-electron chi connectivity index (χ4n) is 4.72. The van der Waals surface area contributed by atoms with Crippen molar-refractivity contribution >= 4 is 28.9 Å². The number of aliphatic hydroxyl groups is 1. The Labute approximate surface area is 219 Å². The lowest BCUT2D eigenvalue weighted by Crippen LogP contribution is -2.43. The number of carbonyl (C=O) groups is 1. The number of H-pyrrole nitrogens is 1. The predicted molar refractivity (Wildman–Crippen MR) is 144 cm³/mol. The van der Waals surface area contributed by atoms with E-state index in [1.54, 1.807) is 30.1 Å². The Bertz CT molecular complexity index is 1320. The first-order valence-corrected chi connectivity index (χ1v) is 13.4. The number of rotatable bonds is 9. The van der Waals surface area contributed by atoms with Crippen LogP contribution in [-0.4, -0.2) is 48.6 Å². The molecule has 4 heterocycles. The summed E-state index contributed by atoms with van der Waals surface area (Å²) in [7, 11) is 0. The first-order valence-electron chi connectivity index (χ1n) is 12.6. The summed E-state index contributed by atoms with van der Waals surface area (Å²) in [5.74, 6) is 1.84. The third-order valence-electron chi connectivity index (χ3n) is 6.73. The van der Waals surface area contributed by atoms with Gasteiger partial charge in [0.15, 0.2) is 0 Å². The van der Waals surface area contributed by atoms with Crippen LogP contribution in [0.15, 0.2) is 55.2 Å². The summed E-state index contributed by atoms with van der Waals surface area (Å²) in [6.07, 6.45) is 11.0. The highest BCUT2D eigenvalue weighted by molar-refractivity contribution is 7.15. The molecule has 4 aromatic rings. The summed E-state index contributed by atoms with van der Waals surface area (Å²) in [4.78, 5) is 34.7. The lowest BCUT2D eigenvalue weighted by Gasteiger charge is -2.28. The SMILES string of the molecule is Cc1ccnc(Nc2cccc(-c3cnc(C4CCC(C(=O)N[C@H](CO)Cc5cnc[nH]5)CC4)s3)n2)c1. The summed E-state index contributed by atoms with van der Waals surface area (Å²) >= 11 is 1.68. The van der Waals surface area contributed by atoms with Crippen LogP contribution in [0.3, 0.4) is 0 Å². The van der Waals surface area contributed by atoms with E-state index in [4.69, 9.17) is 9.97 Å². The first kappa shape index (κ1) is 25.0. The molecule has 0 bridgehead atoms. The monoisotopic (exact) mass is 517 g/mol. The van der Waals surface area contributed by atoms with E-state index in [1.807, 2.05) is 43.5 Å². The molecule has 10 heteroatoms. The van der Waals surface area contributed by atoms with Crippen LogP contribution in [0.2, 0.25) is 0 Å². The number of hydrogen-bond donors (Lipinski definition) is 4. The number of pyridine rings is 2. The van der Waals surface area contributed by atoms with Crippen LogP contribution in [0.4, 0.5) is 11.6 Å². The molecule has 1 aliphatic carbocycles. The number of aryl methyl sites for hydroxylation is 1. The molecule has 5 rings (SSSR count). The van der Waals surface area contributed by atoms with Crippen LogP contribution in [0.5, 0.6) is 0 Å². The van der Waals surface area contributed by atoms with Crippen LogP contribution >= 0.6 is 11.3 Å². The zero-order chi connectivity index (χ0) is 25.6. The minimum absolute atomic E-state index is 0.0217. The normalized spacial score (nSPS) is 18.3. The highest BCUT2D eigenvalue weighted by Gasteiger charge is 2.29. The molecule has 4 N–H and O–H groups in total. The number of nitrogens with one attached hydrogen (secondary N) is 3. The number of aliphatic hydroxyl groups excluding tert-OH is 1. The quantitative estimate of drug-likeness (QED) is 0.259. The number of nitrogens with zero attached hydrogens (tertiary/aromatic N) is 4. The Balaban J connectivity index is 1.16. The maximum atomic E-state index is 12.8. The zero-order valence-electron chi connectivity index (χ0n) is 20.7. The van der Waals surface area contributed by atoms with E-state index in [0.29, 0.717) is 12.3 Å². The van der Waals surface area contributed by atoms with Crippen molar-refractivity contribution in [3.05, 3.63) is 71.5 Å². The number of aromatic amines is 1. The van der Waals surface area contributed by atoms with Crippen molar-refractivity contribution in [1.82, 2.24) is 30.2 Å². The lowest BCUT2D eigenvalue weighted by atomic mass is 9.81. The molecular weight excluding hydrogens is 486 g/mol. The molecule has 0 radical (unpaired) electrons. The number of amides is 1. The lowest BCUT2D eigenvalue weighted by molar-refractivity contribution is -0.127. The van der Waals surface area contributed by atoms with Crippen molar-refractivity contribution in [1.29, 1.82) is 0 Å². The number of thiazole rings is 1. The fraction of sp³-hybridized carbons (Fsp3) is 0.370. The maximum absolute atomic E-state index is 12.8. The minimum atomic E-state index is -0.313. The molecule has 4 aromatic heterocycles. The van der Waals surface area contributed by atoms with Gasteiger partial charge in [0.05, 0.1) is 34.6 Å². The van der Waals surface area contributed by atoms with Gasteiger partial charge >= 0.3 is 0 Å². The summed E-state index contributed by atoms with van der Waals surface area (Å²) in [5, 5.41) is 17.1. The Hall–Kier alpha value is -3.63. The third-order valence-corrected chi connectivity index (χ3v) is 7.91. The second kappa shape index (κ2) is 11.6. The summed E-state index contributed by atoms with van der Waals surface area (Å²) < 4.78 is 0. The van der Waals surface area contributed by atoms with E-state index in [-0.39, 0.29) is 24.5 Å². The van der Waals surface area contributed by atoms with Crippen molar-refractivity contribution < 1.29 is 9.90 Å². The van der Waals surface area contributed by atoms with Gasteiger partial charge in [-0.3, -0.25) is 4.79 Å². The molecule has 0 unspecified atom stereocenters. The van der Waals surface area contributed by atoms with Crippen LogP contribution in [0.1, 0.15) is 47.9 Å². The molecular formula is C27H31N7O2S. The summed E-state index contributed by atoms with van der Waals surface area (Å²) in [6, 6.07) is 9.54. The average molecular weight is 518 g/mol. The van der Waals surface area contributed by atoms with Gasteiger partial charge in [-0.25, -0.2) is 19.9 Å². The molecule has 9 nitrogen and oxygen atoms in total. The summed E-state index contributed by atoms with van der Waals surface area (Å²) in [5.41, 5.74) is 2.90. The van der Waals surface area contributed by atoms with E-state index in [9.17, 15) is 9.90 Å². The first-order chi connectivity index (χ1) is 18.1. The highest BCUT2D eigenvalue weighted by atomic mass is 32.1. The van der Waals surface area contributed by atoms with Crippen molar-refractivity contribution in [2.24, 2.45) is 5.92 Å². The van der Waals surface area contributed by atoms with Gasteiger partial charge in [-0.15, -0.1) is 11.3 Å². The molecule has 0 aromatic carbocycles. The van der Waals surface area contributed by atoms with Gasteiger partial charge in [-0.05, 0) is 62.4 Å². The average Bonchev–Trinajstić information content (AvgIpc) is 3.61. The number of anilines is 2. The van der Waals surface area contributed by atoms with E-state index in [2.05, 4.69) is 25.6 Å². The number of imidazole rings is 1. The molecule has 192 valence electrons. The van der Waals surface area contributed by atoms with Gasteiger partial charge in [0.1, 0.15) is 11.6 Å². The Morgan fingerprint density at radius 3 is 2.78 bits per heavy atom. The van der Waals surface area contributed by atoms with Crippen molar-refractivity contribution in [2.75, 3.05) is 11.9 Å². The highest BCUT2D eigenvalue weighted by Crippen LogP contribution is 2.39. The van der Waals surface area contributed by atoms with Crippen LogP contribution in [0.25, 0.3) is 10.6 Å². The van der Waals surface area contributed by atoms with Crippen LogP contribution < -0.4 is 10.6 Å². The standard InChI is InChI=1S/C27H31N7O2S/c1-17-9-10-29-25(11-17)34-24-4-2-3-22(33-24)23-14-30-27(37-23)19-7-5-18(6-8-19)26(36)32-21(15-35)12-20-13-28-16-31-20/h2-4,9-11,13-14,16,18-19,21,35H,5-8,12,15H2,1H3,(H,28,31)(H,32,36)(H,29,33,34)/t18?,19?,21-/m0/s1. The number of aromatic nitrogens is 5. The third kappa shape index (κ3) is 6.39. The molecule has 0 saturated heterocycles. The smallest absolute Gasteiger partial charge is 0.223 e. The second-order valence-electron chi connectivity index (χ2n) is 9.53. The Morgan fingerprint density at radius 1 is 1.16 bits per heavy atom.